The van der Waals surface area contributed by atoms with E-state index >= 15 is 0 Å². The van der Waals surface area contributed by atoms with Gasteiger partial charge in [0.25, 0.3) is 0 Å². The maximum absolute atomic E-state index is 8.06. The molecule has 0 aromatic carbocycles. The minimum Gasteiger partial charge on any atom is -0.381 e. The minimum atomic E-state index is 0. The molecule has 13 valence electrons. The van der Waals surface area contributed by atoms with Gasteiger partial charge < -0.3 is 4.46 Å². The molecule has 0 heterocycles. The fourth-order valence-corrected chi connectivity index (χ4v) is 0. The summed E-state index contributed by atoms with van der Waals surface area (Å²) in [6.07, 6.45) is 0. The predicted octanol–water partition coefficient (Wildman–Crippen LogP) is -1.26. The van der Waals surface area contributed by atoms with E-state index in [1.165, 1.54) is 0 Å². The molecule has 4 heavy (non-hydrogen) atoms. The summed E-state index contributed by atoms with van der Waals surface area (Å²) >= 11 is 0. The van der Waals surface area contributed by atoms with Gasteiger partial charge >= 0.3 is 10.1 Å². The van der Waals surface area contributed by atoms with Gasteiger partial charge in [0.05, 0.1) is 0 Å². The van der Waals surface area contributed by atoms with Crippen LogP contribution in [0.1, 0.15) is 0 Å². The molecule has 0 fully saturated rings. The van der Waals surface area contributed by atoms with Crippen LogP contribution in [0.3, 0.4) is 0 Å². The molecular weight excluding hydrogens is 75.3 g/mol. The van der Waals surface area contributed by atoms with Crippen molar-refractivity contribution in [1.82, 2.24) is 0 Å². The molecule has 0 unspecified atom stereocenters. The second-order valence-electron chi connectivity index (χ2n) is 0. The van der Waals surface area contributed by atoms with Crippen molar-refractivity contribution in [3.8, 4) is 0 Å². The predicted molar refractivity (Wildman–Crippen MR) is 17.9 cm³/mol. The molecular formula is LiMgOSi. The van der Waals surface area contributed by atoms with E-state index in [-0.39, 0.29) is 41.9 Å². The van der Waals surface area contributed by atoms with Gasteiger partial charge in [0.2, 0.25) is 0 Å². The van der Waals surface area contributed by atoms with Gasteiger partial charge in [0.1, 0.15) is 0 Å². The summed E-state index contributed by atoms with van der Waals surface area (Å²) in [6, 6.07) is 0. The molecule has 0 aromatic heterocycles. The average Bonchev–Trinajstić information content (AvgIpc) is 1.00. The average molecular weight is 75.3 g/mol. The van der Waals surface area contributed by atoms with E-state index in [4.69, 9.17) is 4.46 Å². The van der Waals surface area contributed by atoms with Crippen LogP contribution in [0, 0.1) is 0 Å². The second-order valence-corrected chi connectivity index (χ2v) is 0. The van der Waals surface area contributed by atoms with E-state index in [0.717, 1.165) is 0 Å². The van der Waals surface area contributed by atoms with E-state index in [0.29, 0.717) is 0 Å². The van der Waals surface area contributed by atoms with Gasteiger partial charge in [-0.1, -0.05) is 0 Å². The van der Waals surface area contributed by atoms with Crippen molar-refractivity contribution in [2.24, 2.45) is 0 Å². The first kappa shape index (κ1) is 18.2. The Kier molecular flexibility index (Phi) is 120. The van der Waals surface area contributed by atoms with Crippen molar-refractivity contribution in [3.05, 3.63) is 0 Å². The Morgan fingerprint density at radius 3 is 1.25 bits per heavy atom. The van der Waals surface area contributed by atoms with E-state index in [1.807, 2.05) is 0 Å². The summed E-state index contributed by atoms with van der Waals surface area (Å²) in [4.78, 5) is 0. The Hall–Kier alpha value is 1.38. The maximum atomic E-state index is 8.06. The van der Waals surface area contributed by atoms with Gasteiger partial charge in [-0.05, 0) is 0 Å². The maximum Gasteiger partial charge on any atom is 0.381 e. The Morgan fingerprint density at radius 1 is 1.25 bits per heavy atom. The fourth-order valence-electron chi connectivity index (χ4n) is 0. The van der Waals surface area contributed by atoms with E-state index in [9.17, 15) is 0 Å². The van der Waals surface area contributed by atoms with Gasteiger partial charge in [-0.3, -0.25) is 0 Å². The van der Waals surface area contributed by atoms with Crippen LogP contribution in [0.4, 0.5) is 0 Å². The molecule has 0 amide bonds. The molecule has 0 aliphatic rings. The normalized spacial score (nSPS) is 1.00. The van der Waals surface area contributed by atoms with Crippen molar-refractivity contribution in [1.29, 1.82) is 0 Å². The minimum absolute atomic E-state index is 0. The van der Waals surface area contributed by atoms with Crippen molar-refractivity contribution in [3.63, 3.8) is 0 Å². The first-order valence-electron chi connectivity index (χ1n) is 0.204. The zero-order valence-electron chi connectivity index (χ0n) is 2.62. The summed E-state index contributed by atoms with van der Waals surface area (Å²) in [7, 11) is 1.72. The Bertz CT molecular complexity index is 8.00. The Morgan fingerprint density at radius 2 is 1.25 bits per heavy atom. The van der Waals surface area contributed by atoms with E-state index in [2.05, 4.69) is 0 Å². The van der Waals surface area contributed by atoms with Crippen molar-refractivity contribution < 1.29 is 4.46 Å². The van der Waals surface area contributed by atoms with Crippen LogP contribution in [0.25, 0.3) is 0 Å². The van der Waals surface area contributed by atoms with Gasteiger partial charge in [-0.15, -0.1) is 0 Å². The van der Waals surface area contributed by atoms with Gasteiger partial charge in [0, 0.05) is 41.9 Å². The van der Waals surface area contributed by atoms with E-state index in [1.54, 1.807) is 10.1 Å². The second kappa shape index (κ2) is 26.3. The standard InChI is InChI=1S/Li.Mg.OSi/c;;1-2. The zero-order chi connectivity index (χ0) is 2.00. The summed E-state index contributed by atoms with van der Waals surface area (Å²) in [5.41, 5.74) is 0. The van der Waals surface area contributed by atoms with E-state index < -0.39 is 0 Å². The molecule has 5 radical (unpaired) electrons. The smallest absolute Gasteiger partial charge is 0.381 e. The van der Waals surface area contributed by atoms with Crippen LogP contribution in [0.2, 0.25) is 0 Å². The third kappa shape index (κ3) is 10.1. The molecule has 0 N–H and O–H groups in total. The number of hydrogen-bond acceptors (Lipinski definition) is 1. The summed E-state index contributed by atoms with van der Waals surface area (Å²) in [6.45, 7) is 0. The molecule has 0 aliphatic carbocycles. The quantitative estimate of drug-likeness (QED) is 0.328. The number of rotatable bonds is 0. The molecule has 0 saturated heterocycles. The molecule has 0 bridgehead atoms. The van der Waals surface area contributed by atoms with Crippen LogP contribution >= 0.6 is 0 Å². The molecule has 1 nitrogen and oxygen atoms in total. The monoisotopic (exact) mass is 75.0 g/mol. The third-order valence-electron chi connectivity index (χ3n) is 0. The van der Waals surface area contributed by atoms with Crippen LogP contribution < -0.4 is 0 Å². The summed E-state index contributed by atoms with van der Waals surface area (Å²) < 4.78 is 8.06. The van der Waals surface area contributed by atoms with Crippen LogP contribution in [-0.2, 0) is 4.46 Å². The summed E-state index contributed by atoms with van der Waals surface area (Å²) in [5, 5.41) is 0. The van der Waals surface area contributed by atoms with Gasteiger partial charge in [0.15, 0.2) is 0 Å². The summed E-state index contributed by atoms with van der Waals surface area (Å²) in [5.74, 6) is 0. The molecule has 0 atom stereocenters. The largest absolute Gasteiger partial charge is 0.381 e. The first-order chi connectivity index (χ1) is 1.00. The van der Waals surface area contributed by atoms with Crippen LogP contribution in [-0.4, -0.2) is 52.0 Å². The fraction of sp³-hybridized carbons (Fsp3) is 0. The van der Waals surface area contributed by atoms with Crippen LogP contribution in [0.15, 0.2) is 0 Å². The molecule has 0 aromatic rings. The topological polar surface area (TPSA) is 17.1 Å². The molecule has 0 rings (SSSR count). The zero-order valence-corrected chi connectivity index (χ0v) is 5.03. The van der Waals surface area contributed by atoms with Crippen molar-refractivity contribution in [2.45, 2.75) is 0 Å². The molecule has 0 saturated carbocycles. The van der Waals surface area contributed by atoms with Crippen molar-refractivity contribution >= 4 is 52.0 Å². The molecule has 0 spiro atoms. The number of hydrogen-bond donors (Lipinski definition) is 0. The molecule has 0 aliphatic heterocycles. The third-order valence-corrected chi connectivity index (χ3v) is 0. The van der Waals surface area contributed by atoms with Crippen LogP contribution in [0.5, 0.6) is 0 Å². The Balaban J connectivity index is -0.00000000500. The van der Waals surface area contributed by atoms with Gasteiger partial charge in [-0.25, -0.2) is 0 Å². The SMILES string of the molecule is O=[Si].[Li].[Mg]. The van der Waals surface area contributed by atoms with Gasteiger partial charge in [-0.2, -0.15) is 0 Å². The molecule has 4 heteroatoms. The first-order valence-corrected chi connectivity index (χ1v) is 0.612. The van der Waals surface area contributed by atoms with Crippen molar-refractivity contribution in [2.75, 3.05) is 0 Å². The Labute approximate surface area is 56.3 Å².